The largest absolute Gasteiger partial charge is 0.302 e. The van der Waals surface area contributed by atoms with Gasteiger partial charge in [-0.05, 0) is 23.8 Å². The van der Waals surface area contributed by atoms with Crippen molar-refractivity contribution in [1.82, 2.24) is 4.98 Å². The van der Waals surface area contributed by atoms with Crippen LogP contribution < -0.4 is 5.32 Å². The lowest BCUT2D eigenvalue weighted by Gasteiger charge is -1.93. The Balaban J connectivity index is 2.09. The molecule has 0 radical (unpaired) electrons. The van der Waals surface area contributed by atoms with Gasteiger partial charge in [0.25, 0.3) is 0 Å². The molecule has 0 aliphatic heterocycles. The van der Waals surface area contributed by atoms with Gasteiger partial charge in [-0.15, -0.1) is 0 Å². The van der Waals surface area contributed by atoms with Crippen LogP contribution in [0, 0.1) is 0 Å². The highest BCUT2D eigenvalue weighted by atomic mass is 35.5. The number of halogens is 1. The van der Waals surface area contributed by atoms with Crippen molar-refractivity contribution in [2.45, 2.75) is 6.92 Å². The average molecular weight is 279 g/mol. The molecule has 1 aromatic carbocycles. The predicted molar refractivity (Wildman–Crippen MR) is 76.8 cm³/mol. The number of nitrogens with zero attached hydrogens (tertiary/aromatic N) is 1. The maximum atomic E-state index is 10.9. The number of amides is 1. The minimum Gasteiger partial charge on any atom is -0.302 e. The molecule has 5 heteroatoms. The molecule has 0 aliphatic rings. The van der Waals surface area contributed by atoms with Crippen molar-refractivity contribution in [3.05, 3.63) is 45.9 Å². The van der Waals surface area contributed by atoms with Crippen LogP contribution in [0.1, 0.15) is 17.4 Å². The number of rotatable bonds is 3. The number of thiazole rings is 1. The molecule has 0 fully saturated rings. The van der Waals surface area contributed by atoms with Gasteiger partial charge in [0.2, 0.25) is 5.91 Å². The number of carbonyl (C=O) groups excluding carboxylic acids is 1. The summed E-state index contributed by atoms with van der Waals surface area (Å²) in [6.45, 7) is 1.46. The van der Waals surface area contributed by atoms with Gasteiger partial charge in [-0.2, -0.15) is 0 Å². The number of hydrogen-bond donors (Lipinski definition) is 1. The molecule has 0 saturated carbocycles. The van der Waals surface area contributed by atoms with Gasteiger partial charge in [-0.25, -0.2) is 4.98 Å². The number of carbonyl (C=O) groups is 1. The molecule has 1 amide bonds. The first kappa shape index (κ1) is 12.8. The second-order valence-corrected chi connectivity index (χ2v) is 5.14. The first-order valence-electron chi connectivity index (χ1n) is 5.30. The van der Waals surface area contributed by atoms with Gasteiger partial charge in [0.15, 0.2) is 5.13 Å². The van der Waals surface area contributed by atoms with E-state index in [0.29, 0.717) is 10.2 Å². The summed E-state index contributed by atoms with van der Waals surface area (Å²) in [5.74, 6) is -0.116. The number of hydrogen-bond acceptors (Lipinski definition) is 3. The SMILES string of the molecule is CC(=O)Nc1ncc(C=Cc2cccc(Cl)c2)s1. The molecule has 2 aromatic rings. The summed E-state index contributed by atoms with van der Waals surface area (Å²) in [4.78, 5) is 15.9. The van der Waals surface area contributed by atoms with Crippen LogP contribution >= 0.6 is 22.9 Å². The maximum absolute atomic E-state index is 10.9. The van der Waals surface area contributed by atoms with E-state index in [4.69, 9.17) is 11.6 Å². The van der Waals surface area contributed by atoms with Crippen molar-refractivity contribution in [3.8, 4) is 0 Å². The molecule has 0 atom stereocenters. The molecular formula is C13H11ClN2OS. The Kier molecular flexibility index (Phi) is 4.12. The molecule has 1 aromatic heterocycles. The Bertz CT molecular complexity index is 592. The fourth-order valence-corrected chi connectivity index (χ4v) is 2.32. The summed E-state index contributed by atoms with van der Waals surface area (Å²) < 4.78 is 0. The Morgan fingerprint density at radius 1 is 1.44 bits per heavy atom. The van der Waals surface area contributed by atoms with Gasteiger partial charge < -0.3 is 5.32 Å². The van der Waals surface area contributed by atoms with Crippen LogP contribution in [0.25, 0.3) is 12.2 Å². The van der Waals surface area contributed by atoms with E-state index in [1.165, 1.54) is 18.3 Å². The monoisotopic (exact) mass is 278 g/mol. The molecule has 0 saturated heterocycles. The predicted octanol–water partition coefficient (Wildman–Crippen LogP) is 3.93. The normalized spacial score (nSPS) is 10.8. The van der Waals surface area contributed by atoms with Crippen molar-refractivity contribution in [2.24, 2.45) is 0 Å². The van der Waals surface area contributed by atoms with E-state index in [1.54, 1.807) is 6.20 Å². The Labute approximate surface area is 114 Å². The molecule has 0 spiro atoms. The lowest BCUT2D eigenvalue weighted by Crippen LogP contribution is -2.04. The molecule has 18 heavy (non-hydrogen) atoms. The minimum atomic E-state index is -0.116. The summed E-state index contributed by atoms with van der Waals surface area (Å²) in [6.07, 6.45) is 5.61. The summed E-state index contributed by atoms with van der Waals surface area (Å²) in [7, 11) is 0. The Morgan fingerprint density at radius 2 is 2.28 bits per heavy atom. The van der Waals surface area contributed by atoms with E-state index in [2.05, 4.69) is 10.3 Å². The third-order valence-electron chi connectivity index (χ3n) is 2.10. The van der Waals surface area contributed by atoms with E-state index in [0.717, 1.165) is 10.4 Å². The topological polar surface area (TPSA) is 42.0 Å². The molecule has 0 bridgehead atoms. The minimum absolute atomic E-state index is 0.116. The zero-order chi connectivity index (χ0) is 13.0. The third kappa shape index (κ3) is 3.68. The van der Waals surface area contributed by atoms with Gasteiger partial charge in [-0.1, -0.05) is 41.1 Å². The Hall–Kier alpha value is -1.65. The van der Waals surface area contributed by atoms with Crippen LogP contribution in [-0.2, 0) is 4.79 Å². The number of aromatic nitrogens is 1. The van der Waals surface area contributed by atoms with Gasteiger partial charge >= 0.3 is 0 Å². The highest BCUT2D eigenvalue weighted by molar-refractivity contribution is 7.16. The molecule has 92 valence electrons. The van der Waals surface area contributed by atoms with Crippen LogP contribution in [0.2, 0.25) is 5.02 Å². The van der Waals surface area contributed by atoms with Crippen molar-refractivity contribution in [2.75, 3.05) is 5.32 Å². The van der Waals surface area contributed by atoms with Crippen LogP contribution in [0.15, 0.2) is 30.5 Å². The van der Waals surface area contributed by atoms with E-state index in [1.807, 2.05) is 36.4 Å². The fourth-order valence-electron chi connectivity index (χ4n) is 1.36. The fraction of sp³-hybridized carbons (Fsp3) is 0.0769. The molecule has 3 nitrogen and oxygen atoms in total. The van der Waals surface area contributed by atoms with Crippen molar-refractivity contribution >= 4 is 46.1 Å². The standard InChI is InChI=1S/C13H11ClN2OS/c1-9(17)16-13-15-8-12(18-13)6-5-10-3-2-4-11(14)7-10/h2-8H,1H3,(H,15,16,17). The summed E-state index contributed by atoms with van der Waals surface area (Å²) >= 11 is 7.32. The highest BCUT2D eigenvalue weighted by Gasteiger charge is 2.00. The number of benzene rings is 1. The highest BCUT2D eigenvalue weighted by Crippen LogP contribution is 2.21. The zero-order valence-electron chi connectivity index (χ0n) is 9.68. The van der Waals surface area contributed by atoms with Crippen LogP contribution in [0.3, 0.4) is 0 Å². The quantitative estimate of drug-likeness (QED) is 0.924. The Morgan fingerprint density at radius 3 is 3.00 bits per heavy atom. The van der Waals surface area contributed by atoms with Crippen molar-refractivity contribution in [3.63, 3.8) is 0 Å². The van der Waals surface area contributed by atoms with Crippen LogP contribution in [0.5, 0.6) is 0 Å². The second kappa shape index (κ2) is 5.80. The third-order valence-corrected chi connectivity index (χ3v) is 3.21. The molecular weight excluding hydrogens is 268 g/mol. The molecule has 0 unspecified atom stereocenters. The van der Waals surface area contributed by atoms with Gasteiger partial charge in [-0.3, -0.25) is 4.79 Å². The molecule has 2 rings (SSSR count). The van der Waals surface area contributed by atoms with Crippen molar-refractivity contribution < 1.29 is 4.79 Å². The van der Waals surface area contributed by atoms with Crippen molar-refractivity contribution in [1.29, 1.82) is 0 Å². The summed E-state index contributed by atoms with van der Waals surface area (Å²) in [5, 5.41) is 3.96. The molecule has 1 heterocycles. The van der Waals surface area contributed by atoms with Crippen LogP contribution in [-0.4, -0.2) is 10.9 Å². The van der Waals surface area contributed by atoms with E-state index >= 15 is 0 Å². The molecule has 1 N–H and O–H groups in total. The van der Waals surface area contributed by atoms with E-state index < -0.39 is 0 Å². The first-order chi connectivity index (χ1) is 8.63. The van der Waals surface area contributed by atoms with Gasteiger partial charge in [0.1, 0.15) is 0 Å². The van der Waals surface area contributed by atoms with Crippen LogP contribution in [0.4, 0.5) is 5.13 Å². The smallest absolute Gasteiger partial charge is 0.223 e. The lowest BCUT2D eigenvalue weighted by molar-refractivity contribution is -0.114. The summed E-state index contributed by atoms with van der Waals surface area (Å²) in [5.41, 5.74) is 1.02. The van der Waals surface area contributed by atoms with Gasteiger partial charge in [0, 0.05) is 23.0 Å². The average Bonchev–Trinajstić information content (AvgIpc) is 2.73. The van der Waals surface area contributed by atoms with E-state index in [-0.39, 0.29) is 5.91 Å². The second-order valence-electron chi connectivity index (χ2n) is 3.64. The maximum Gasteiger partial charge on any atom is 0.223 e. The zero-order valence-corrected chi connectivity index (χ0v) is 11.3. The van der Waals surface area contributed by atoms with Gasteiger partial charge in [0.05, 0.1) is 0 Å². The van der Waals surface area contributed by atoms with E-state index in [9.17, 15) is 4.79 Å². The summed E-state index contributed by atoms with van der Waals surface area (Å²) in [6, 6.07) is 7.59. The molecule has 0 aliphatic carbocycles. The number of nitrogens with one attached hydrogen (secondary N) is 1. The first-order valence-corrected chi connectivity index (χ1v) is 6.50. The number of anilines is 1. The lowest BCUT2D eigenvalue weighted by atomic mass is 10.2.